The number of aryl methyl sites for hydroxylation is 1. The summed E-state index contributed by atoms with van der Waals surface area (Å²) in [5, 5.41) is 4.83. The van der Waals surface area contributed by atoms with Crippen LogP contribution in [0.1, 0.15) is 17.7 Å². The zero-order valence-electron chi connectivity index (χ0n) is 12.9. The summed E-state index contributed by atoms with van der Waals surface area (Å²) in [7, 11) is 1.66. The molecule has 122 valence electrons. The maximum atomic E-state index is 12.1. The van der Waals surface area contributed by atoms with E-state index in [1.165, 1.54) is 9.78 Å². The fraction of sp³-hybridized carbons (Fsp3) is 0.294. The van der Waals surface area contributed by atoms with Gasteiger partial charge < -0.3 is 10.2 Å². The normalized spacial score (nSPS) is 10.3. The highest BCUT2D eigenvalue weighted by Crippen LogP contribution is 2.21. The fourth-order valence-corrected chi connectivity index (χ4v) is 3.25. The standard InChI is InChI=1S/C17H19BrN2O2S/c1-20(17(22)10-4-6-13-7-5-11-23-13)12-16(21)19-15-9-3-2-8-14(15)18/h2-3,5,7-9,11H,4,6,10,12H2,1H3,(H,19,21). The molecule has 0 spiro atoms. The van der Waals surface area contributed by atoms with Crippen LogP contribution in [0.4, 0.5) is 5.69 Å². The number of carbonyl (C=O) groups excluding carboxylic acids is 2. The first kappa shape index (κ1) is 17.7. The second kappa shape index (κ2) is 8.84. The highest BCUT2D eigenvalue weighted by molar-refractivity contribution is 9.10. The Kier molecular flexibility index (Phi) is 6.80. The quantitative estimate of drug-likeness (QED) is 0.772. The number of rotatable bonds is 7. The molecule has 0 atom stereocenters. The molecule has 2 aromatic rings. The number of hydrogen-bond donors (Lipinski definition) is 1. The molecule has 0 unspecified atom stereocenters. The number of nitrogens with zero attached hydrogens (tertiary/aromatic N) is 1. The van der Waals surface area contributed by atoms with Crippen molar-refractivity contribution in [3.05, 3.63) is 51.1 Å². The third-order valence-electron chi connectivity index (χ3n) is 3.35. The molecule has 0 saturated heterocycles. The Morgan fingerprint density at radius 2 is 2.00 bits per heavy atom. The van der Waals surface area contributed by atoms with E-state index in [-0.39, 0.29) is 18.4 Å². The summed E-state index contributed by atoms with van der Waals surface area (Å²) in [5.41, 5.74) is 0.705. The lowest BCUT2D eigenvalue weighted by molar-refractivity contribution is -0.133. The molecule has 1 aromatic heterocycles. The molecule has 0 saturated carbocycles. The SMILES string of the molecule is CN(CC(=O)Nc1ccccc1Br)C(=O)CCCc1cccs1. The van der Waals surface area contributed by atoms with Crippen molar-refractivity contribution in [1.82, 2.24) is 4.90 Å². The molecule has 0 aliphatic carbocycles. The van der Waals surface area contributed by atoms with Crippen molar-refractivity contribution in [2.45, 2.75) is 19.3 Å². The van der Waals surface area contributed by atoms with E-state index >= 15 is 0 Å². The average molecular weight is 395 g/mol. The number of nitrogens with one attached hydrogen (secondary N) is 1. The molecule has 0 fully saturated rings. The summed E-state index contributed by atoms with van der Waals surface area (Å²) >= 11 is 5.08. The van der Waals surface area contributed by atoms with Gasteiger partial charge in [-0.05, 0) is 52.4 Å². The predicted molar refractivity (Wildman–Crippen MR) is 97.7 cm³/mol. The smallest absolute Gasteiger partial charge is 0.244 e. The zero-order valence-corrected chi connectivity index (χ0v) is 15.3. The monoisotopic (exact) mass is 394 g/mol. The van der Waals surface area contributed by atoms with E-state index in [0.717, 1.165) is 17.3 Å². The van der Waals surface area contributed by atoms with Crippen LogP contribution < -0.4 is 5.32 Å². The number of benzene rings is 1. The lowest BCUT2D eigenvalue weighted by Gasteiger charge is -2.17. The number of thiophene rings is 1. The molecule has 1 heterocycles. The van der Waals surface area contributed by atoms with Crippen LogP contribution in [-0.2, 0) is 16.0 Å². The van der Waals surface area contributed by atoms with Gasteiger partial charge in [0, 0.05) is 22.8 Å². The van der Waals surface area contributed by atoms with E-state index in [4.69, 9.17) is 0 Å². The molecule has 0 aliphatic heterocycles. The van der Waals surface area contributed by atoms with Gasteiger partial charge in [-0.15, -0.1) is 11.3 Å². The molecule has 4 nitrogen and oxygen atoms in total. The molecule has 1 aromatic carbocycles. The van der Waals surface area contributed by atoms with Gasteiger partial charge in [-0.3, -0.25) is 9.59 Å². The lowest BCUT2D eigenvalue weighted by Crippen LogP contribution is -2.34. The Morgan fingerprint density at radius 3 is 2.70 bits per heavy atom. The first-order valence-electron chi connectivity index (χ1n) is 7.37. The van der Waals surface area contributed by atoms with E-state index < -0.39 is 0 Å². The fourth-order valence-electron chi connectivity index (χ4n) is 2.12. The van der Waals surface area contributed by atoms with Gasteiger partial charge in [0.25, 0.3) is 0 Å². The predicted octanol–water partition coefficient (Wildman–Crippen LogP) is 3.93. The topological polar surface area (TPSA) is 49.4 Å². The Morgan fingerprint density at radius 1 is 1.22 bits per heavy atom. The zero-order chi connectivity index (χ0) is 16.7. The molecule has 1 N–H and O–H groups in total. The van der Waals surface area contributed by atoms with Gasteiger partial charge in [-0.1, -0.05) is 18.2 Å². The molecule has 2 rings (SSSR count). The summed E-state index contributed by atoms with van der Waals surface area (Å²) in [5.74, 6) is -0.213. The van der Waals surface area contributed by atoms with Gasteiger partial charge in [-0.2, -0.15) is 0 Å². The third kappa shape index (κ3) is 5.80. The van der Waals surface area contributed by atoms with E-state index in [1.54, 1.807) is 18.4 Å². The van der Waals surface area contributed by atoms with Crippen LogP contribution >= 0.6 is 27.3 Å². The van der Waals surface area contributed by atoms with E-state index in [0.29, 0.717) is 12.1 Å². The molecular formula is C17H19BrN2O2S. The number of likely N-dealkylation sites (N-methyl/N-ethyl adjacent to an activating group) is 1. The highest BCUT2D eigenvalue weighted by atomic mass is 79.9. The van der Waals surface area contributed by atoms with Crippen molar-refractivity contribution in [1.29, 1.82) is 0 Å². The molecule has 23 heavy (non-hydrogen) atoms. The van der Waals surface area contributed by atoms with E-state index in [1.807, 2.05) is 35.7 Å². The summed E-state index contributed by atoms with van der Waals surface area (Å²) in [4.78, 5) is 26.8. The van der Waals surface area contributed by atoms with Crippen LogP contribution in [0.2, 0.25) is 0 Å². The Balaban J connectivity index is 1.74. The minimum absolute atomic E-state index is 0.0103. The second-order valence-electron chi connectivity index (χ2n) is 5.21. The van der Waals surface area contributed by atoms with Crippen LogP contribution in [-0.4, -0.2) is 30.3 Å². The van der Waals surface area contributed by atoms with E-state index in [9.17, 15) is 9.59 Å². The molecule has 0 bridgehead atoms. The van der Waals surface area contributed by atoms with Crippen molar-refractivity contribution in [3.8, 4) is 0 Å². The molecule has 0 radical (unpaired) electrons. The lowest BCUT2D eigenvalue weighted by atomic mass is 10.2. The third-order valence-corrected chi connectivity index (χ3v) is 4.98. The summed E-state index contributed by atoms with van der Waals surface area (Å²) in [6, 6.07) is 11.5. The second-order valence-corrected chi connectivity index (χ2v) is 7.10. The number of amides is 2. The van der Waals surface area contributed by atoms with Gasteiger partial charge >= 0.3 is 0 Å². The highest BCUT2D eigenvalue weighted by Gasteiger charge is 2.13. The Bertz CT molecular complexity index is 658. The molecule has 6 heteroatoms. The van der Waals surface area contributed by atoms with Gasteiger partial charge in [0.05, 0.1) is 12.2 Å². The molecule has 0 aliphatic rings. The van der Waals surface area contributed by atoms with Crippen molar-refractivity contribution < 1.29 is 9.59 Å². The van der Waals surface area contributed by atoms with Gasteiger partial charge in [0.15, 0.2) is 0 Å². The minimum Gasteiger partial charge on any atom is -0.336 e. The number of hydrogen-bond acceptors (Lipinski definition) is 3. The van der Waals surface area contributed by atoms with Gasteiger partial charge in [0.1, 0.15) is 0 Å². The number of anilines is 1. The number of carbonyl (C=O) groups is 2. The van der Waals surface area contributed by atoms with Crippen LogP contribution in [0, 0.1) is 0 Å². The van der Waals surface area contributed by atoms with Crippen molar-refractivity contribution >= 4 is 44.8 Å². The molecular weight excluding hydrogens is 376 g/mol. The molecule has 2 amide bonds. The Labute approximate surface area is 148 Å². The van der Waals surface area contributed by atoms with Crippen molar-refractivity contribution in [3.63, 3.8) is 0 Å². The summed E-state index contributed by atoms with van der Waals surface area (Å²) in [6.45, 7) is 0.0547. The first-order chi connectivity index (χ1) is 11.1. The Hall–Kier alpha value is -1.66. The number of para-hydroxylation sites is 1. The van der Waals surface area contributed by atoms with Crippen LogP contribution in [0.25, 0.3) is 0 Å². The van der Waals surface area contributed by atoms with Crippen LogP contribution in [0.3, 0.4) is 0 Å². The van der Waals surface area contributed by atoms with E-state index in [2.05, 4.69) is 27.3 Å². The summed E-state index contributed by atoms with van der Waals surface area (Å²) < 4.78 is 0.818. The summed E-state index contributed by atoms with van der Waals surface area (Å²) in [6.07, 6.45) is 2.16. The average Bonchev–Trinajstić information content (AvgIpc) is 3.02. The first-order valence-corrected chi connectivity index (χ1v) is 9.04. The maximum Gasteiger partial charge on any atom is 0.244 e. The van der Waals surface area contributed by atoms with Gasteiger partial charge in [-0.25, -0.2) is 0 Å². The minimum atomic E-state index is -0.203. The largest absolute Gasteiger partial charge is 0.336 e. The maximum absolute atomic E-state index is 12.1. The van der Waals surface area contributed by atoms with Crippen LogP contribution in [0.5, 0.6) is 0 Å². The van der Waals surface area contributed by atoms with Gasteiger partial charge in [0.2, 0.25) is 11.8 Å². The van der Waals surface area contributed by atoms with Crippen molar-refractivity contribution in [2.75, 3.05) is 18.9 Å². The van der Waals surface area contributed by atoms with Crippen LogP contribution in [0.15, 0.2) is 46.3 Å². The number of halogens is 1. The van der Waals surface area contributed by atoms with Crippen molar-refractivity contribution in [2.24, 2.45) is 0 Å².